The lowest BCUT2D eigenvalue weighted by Crippen LogP contribution is -2.40. The predicted molar refractivity (Wildman–Crippen MR) is 59.7 cm³/mol. The number of hydrogen-bond donors (Lipinski definition) is 1. The zero-order valence-corrected chi connectivity index (χ0v) is 9.95. The first kappa shape index (κ1) is 12.5. The molecule has 1 rings (SSSR count). The van der Waals surface area contributed by atoms with Gasteiger partial charge in [0.05, 0.1) is 7.11 Å². The van der Waals surface area contributed by atoms with Gasteiger partial charge in [0.1, 0.15) is 6.04 Å². The molecule has 1 fully saturated rings. The molecule has 0 bridgehead atoms. The zero-order chi connectivity index (χ0) is 11.3. The number of hydrogen-bond acceptors (Lipinski definition) is 4. The summed E-state index contributed by atoms with van der Waals surface area (Å²) < 4.78 is 4.78. The lowest BCUT2D eigenvalue weighted by atomic mass is 10.2. The lowest BCUT2D eigenvalue weighted by molar-refractivity contribution is -0.143. The third-order valence-corrected chi connectivity index (χ3v) is 2.69. The van der Waals surface area contributed by atoms with Gasteiger partial charge in [-0.2, -0.15) is 0 Å². The van der Waals surface area contributed by atoms with Crippen molar-refractivity contribution in [3.63, 3.8) is 0 Å². The summed E-state index contributed by atoms with van der Waals surface area (Å²) in [5.41, 5.74) is 0. The maximum Gasteiger partial charge on any atom is 0.323 e. The second-order valence-electron chi connectivity index (χ2n) is 4.45. The highest BCUT2D eigenvalue weighted by Crippen LogP contribution is 2.33. The number of ether oxygens (including phenoxy) is 1. The fraction of sp³-hybridized carbons (Fsp3) is 0.909. The molecule has 1 unspecified atom stereocenters. The Hall–Kier alpha value is -0.610. The molecule has 0 heterocycles. The Morgan fingerprint density at radius 3 is 2.67 bits per heavy atom. The van der Waals surface area contributed by atoms with Crippen molar-refractivity contribution in [1.29, 1.82) is 0 Å². The van der Waals surface area contributed by atoms with Crippen molar-refractivity contribution < 1.29 is 9.53 Å². The van der Waals surface area contributed by atoms with Crippen LogP contribution in [0.15, 0.2) is 0 Å². The van der Waals surface area contributed by atoms with Gasteiger partial charge in [-0.3, -0.25) is 4.79 Å². The Kier molecular flexibility index (Phi) is 5.05. The fourth-order valence-corrected chi connectivity index (χ4v) is 1.65. The van der Waals surface area contributed by atoms with Crippen molar-refractivity contribution in [2.24, 2.45) is 5.92 Å². The van der Waals surface area contributed by atoms with Crippen molar-refractivity contribution in [1.82, 2.24) is 10.2 Å². The Morgan fingerprint density at radius 1 is 1.53 bits per heavy atom. The van der Waals surface area contributed by atoms with Gasteiger partial charge in [0, 0.05) is 0 Å². The van der Waals surface area contributed by atoms with Gasteiger partial charge >= 0.3 is 5.97 Å². The zero-order valence-electron chi connectivity index (χ0n) is 9.95. The van der Waals surface area contributed by atoms with Crippen molar-refractivity contribution in [3.8, 4) is 0 Å². The molecule has 88 valence electrons. The van der Waals surface area contributed by atoms with Crippen LogP contribution in [0.3, 0.4) is 0 Å². The van der Waals surface area contributed by atoms with Gasteiger partial charge in [-0.1, -0.05) is 0 Å². The summed E-state index contributed by atoms with van der Waals surface area (Å²) >= 11 is 0. The number of carbonyl (C=O) groups excluding carboxylic acids is 1. The molecule has 15 heavy (non-hydrogen) atoms. The highest BCUT2D eigenvalue weighted by atomic mass is 16.5. The minimum absolute atomic E-state index is 0.0721. The largest absolute Gasteiger partial charge is 0.468 e. The molecule has 0 aromatic heterocycles. The fourth-order valence-electron chi connectivity index (χ4n) is 1.65. The van der Waals surface area contributed by atoms with Crippen LogP contribution in [0.5, 0.6) is 0 Å². The molecule has 4 nitrogen and oxygen atoms in total. The van der Waals surface area contributed by atoms with E-state index in [1.807, 2.05) is 0 Å². The highest BCUT2D eigenvalue weighted by molar-refractivity contribution is 5.76. The summed E-state index contributed by atoms with van der Waals surface area (Å²) in [5, 5.41) is 3.29. The molecular weight excluding hydrogens is 192 g/mol. The maximum absolute atomic E-state index is 11.4. The van der Waals surface area contributed by atoms with E-state index in [2.05, 4.69) is 24.3 Å². The molecule has 1 aliphatic carbocycles. The summed E-state index contributed by atoms with van der Waals surface area (Å²) in [6, 6.07) is -0.0721. The van der Waals surface area contributed by atoms with Gasteiger partial charge in [0.15, 0.2) is 0 Å². The molecule has 0 aromatic carbocycles. The van der Waals surface area contributed by atoms with Crippen molar-refractivity contribution in [2.45, 2.75) is 25.3 Å². The first-order valence-corrected chi connectivity index (χ1v) is 5.61. The van der Waals surface area contributed by atoms with E-state index in [1.54, 1.807) is 0 Å². The van der Waals surface area contributed by atoms with E-state index in [4.69, 9.17) is 4.74 Å². The van der Waals surface area contributed by atoms with Gasteiger partial charge in [0.25, 0.3) is 0 Å². The third-order valence-electron chi connectivity index (χ3n) is 2.69. The van der Waals surface area contributed by atoms with E-state index in [9.17, 15) is 4.79 Å². The summed E-state index contributed by atoms with van der Waals surface area (Å²) in [6.45, 7) is 1.93. The van der Waals surface area contributed by atoms with Gasteiger partial charge in [-0.25, -0.2) is 0 Å². The van der Waals surface area contributed by atoms with Crippen LogP contribution >= 0.6 is 0 Å². The molecule has 0 aromatic rings. The van der Waals surface area contributed by atoms with E-state index < -0.39 is 0 Å². The number of nitrogens with one attached hydrogen (secondary N) is 1. The Balaban J connectivity index is 2.17. The Morgan fingerprint density at radius 2 is 2.20 bits per heavy atom. The smallest absolute Gasteiger partial charge is 0.323 e. The predicted octanol–water partition coefficient (Wildman–Crippen LogP) is 0.479. The molecule has 4 heteroatoms. The number of carbonyl (C=O) groups is 1. The Bertz CT molecular complexity index is 203. The maximum atomic E-state index is 11.4. The van der Waals surface area contributed by atoms with E-state index >= 15 is 0 Å². The van der Waals surface area contributed by atoms with E-state index in [1.165, 1.54) is 7.11 Å². The normalized spacial score (nSPS) is 17.9. The number of rotatable bonds is 7. The quantitative estimate of drug-likeness (QED) is 0.494. The molecular formula is C11H22N2O2. The third kappa shape index (κ3) is 4.62. The monoisotopic (exact) mass is 214 g/mol. The average Bonchev–Trinajstić information content (AvgIpc) is 3.00. The molecule has 0 saturated heterocycles. The van der Waals surface area contributed by atoms with Crippen molar-refractivity contribution >= 4 is 5.97 Å². The molecule has 0 radical (unpaired) electrons. The van der Waals surface area contributed by atoms with Crippen LogP contribution in [-0.2, 0) is 9.53 Å². The van der Waals surface area contributed by atoms with Crippen LogP contribution < -0.4 is 5.32 Å². The summed E-state index contributed by atoms with van der Waals surface area (Å²) in [4.78, 5) is 13.6. The summed E-state index contributed by atoms with van der Waals surface area (Å²) in [6.07, 6.45) is 3.37. The van der Waals surface area contributed by atoms with E-state index in [-0.39, 0.29) is 12.0 Å². The van der Waals surface area contributed by atoms with E-state index in [0.717, 1.165) is 32.4 Å². The molecule has 1 atom stereocenters. The van der Waals surface area contributed by atoms with Crippen LogP contribution in [-0.4, -0.2) is 51.2 Å². The molecule has 1 aliphatic rings. The molecule has 0 aliphatic heterocycles. The SMILES string of the molecule is COC(=O)C(NCCCN(C)C)C1CC1. The number of nitrogens with zero attached hydrogens (tertiary/aromatic N) is 1. The summed E-state index contributed by atoms with van der Waals surface area (Å²) in [5.74, 6) is 0.402. The second kappa shape index (κ2) is 6.08. The van der Waals surface area contributed by atoms with Gasteiger partial charge in [-0.05, 0) is 52.4 Å². The van der Waals surface area contributed by atoms with Crippen LogP contribution in [0.2, 0.25) is 0 Å². The number of esters is 1. The van der Waals surface area contributed by atoms with E-state index in [0.29, 0.717) is 5.92 Å². The first-order chi connectivity index (χ1) is 7.15. The molecule has 1 N–H and O–H groups in total. The molecule has 0 amide bonds. The van der Waals surface area contributed by atoms with Crippen LogP contribution in [0, 0.1) is 5.92 Å². The highest BCUT2D eigenvalue weighted by Gasteiger charge is 2.36. The minimum atomic E-state index is -0.109. The van der Waals surface area contributed by atoms with Gasteiger partial charge in [0.2, 0.25) is 0 Å². The van der Waals surface area contributed by atoms with Gasteiger partial charge < -0.3 is 15.0 Å². The number of methoxy groups -OCH3 is 1. The van der Waals surface area contributed by atoms with Gasteiger partial charge in [-0.15, -0.1) is 0 Å². The van der Waals surface area contributed by atoms with Crippen molar-refractivity contribution in [3.05, 3.63) is 0 Å². The van der Waals surface area contributed by atoms with Crippen LogP contribution in [0.25, 0.3) is 0 Å². The topological polar surface area (TPSA) is 41.6 Å². The van der Waals surface area contributed by atoms with Crippen LogP contribution in [0.1, 0.15) is 19.3 Å². The summed E-state index contributed by atoms with van der Waals surface area (Å²) in [7, 11) is 5.57. The molecule has 0 spiro atoms. The minimum Gasteiger partial charge on any atom is -0.468 e. The molecule has 1 saturated carbocycles. The first-order valence-electron chi connectivity index (χ1n) is 5.61. The van der Waals surface area contributed by atoms with Crippen molar-refractivity contribution in [2.75, 3.05) is 34.3 Å². The standard InChI is InChI=1S/C11H22N2O2/c1-13(2)8-4-7-12-10(9-5-6-9)11(14)15-3/h9-10,12H,4-8H2,1-3H3. The van der Waals surface area contributed by atoms with Crippen LogP contribution in [0.4, 0.5) is 0 Å². The second-order valence-corrected chi connectivity index (χ2v) is 4.45. The lowest BCUT2D eigenvalue weighted by Gasteiger charge is -2.16. The average molecular weight is 214 g/mol. The Labute approximate surface area is 92.0 Å².